The molecule has 2 unspecified atom stereocenters. The maximum absolute atomic E-state index is 12.5. The minimum atomic E-state index is -0.351. The summed E-state index contributed by atoms with van der Waals surface area (Å²) in [6.45, 7) is 1.36. The van der Waals surface area contributed by atoms with Crippen molar-refractivity contribution in [3.63, 3.8) is 0 Å². The Morgan fingerprint density at radius 1 is 1.12 bits per heavy atom. The second-order valence-corrected chi connectivity index (χ2v) is 6.66. The van der Waals surface area contributed by atoms with E-state index < -0.39 is 0 Å². The highest BCUT2D eigenvalue weighted by atomic mass is 16.2. The lowest BCUT2D eigenvalue weighted by Crippen LogP contribution is -2.47. The Morgan fingerprint density at radius 3 is 2.52 bits per heavy atom. The molecule has 1 aromatic rings. The van der Waals surface area contributed by atoms with E-state index >= 15 is 0 Å². The average Bonchev–Trinajstić information content (AvgIpc) is 2.62. The molecule has 2 atom stereocenters. The Bertz CT molecular complexity index is 659. The molecule has 3 rings (SSSR count). The van der Waals surface area contributed by atoms with Gasteiger partial charge < -0.3 is 16.4 Å². The van der Waals surface area contributed by atoms with Crippen LogP contribution in [0.5, 0.6) is 0 Å². The number of primary amides is 1. The fraction of sp³-hybridized carbons (Fsp3) is 0.500. The zero-order valence-electron chi connectivity index (χ0n) is 14.2. The summed E-state index contributed by atoms with van der Waals surface area (Å²) in [6.07, 6.45) is 4.34. The number of carbonyl (C=O) groups is 3. The number of carbonyl (C=O) groups excluding carboxylic acids is 3. The monoisotopic (exact) mass is 344 g/mol. The van der Waals surface area contributed by atoms with Crippen molar-refractivity contribution >= 4 is 23.5 Å². The molecule has 0 bridgehead atoms. The van der Waals surface area contributed by atoms with Crippen molar-refractivity contribution in [3.05, 3.63) is 29.8 Å². The number of amides is 4. The van der Waals surface area contributed by atoms with E-state index in [0.29, 0.717) is 18.7 Å². The Hall–Kier alpha value is -2.57. The maximum Gasteiger partial charge on any atom is 0.321 e. The van der Waals surface area contributed by atoms with Crippen LogP contribution in [-0.4, -0.2) is 37.0 Å². The summed E-state index contributed by atoms with van der Waals surface area (Å²) in [5, 5.41) is 5.74. The largest absolute Gasteiger partial charge is 0.369 e. The number of hydrogen-bond donors (Lipinski definition) is 3. The summed E-state index contributed by atoms with van der Waals surface area (Å²) < 4.78 is 0. The molecule has 0 aromatic heterocycles. The third-order valence-corrected chi connectivity index (χ3v) is 4.97. The van der Waals surface area contributed by atoms with E-state index in [1.807, 2.05) is 0 Å². The predicted molar refractivity (Wildman–Crippen MR) is 94.2 cm³/mol. The summed E-state index contributed by atoms with van der Waals surface area (Å²) in [5.74, 6) is -0.863. The van der Waals surface area contributed by atoms with Crippen LogP contribution in [0.2, 0.25) is 0 Å². The van der Waals surface area contributed by atoms with Crippen molar-refractivity contribution < 1.29 is 14.4 Å². The van der Waals surface area contributed by atoms with E-state index in [9.17, 15) is 14.4 Å². The molecule has 4 amide bonds. The average molecular weight is 344 g/mol. The lowest BCUT2D eigenvalue weighted by atomic mass is 9.84. The van der Waals surface area contributed by atoms with E-state index in [4.69, 9.17) is 5.73 Å². The van der Waals surface area contributed by atoms with E-state index in [-0.39, 0.29) is 29.8 Å². The molecule has 1 saturated heterocycles. The predicted octanol–water partition coefficient (Wildman–Crippen LogP) is 1.38. The highest BCUT2D eigenvalue weighted by Gasteiger charge is 2.30. The highest BCUT2D eigenvalue weighted by Crippen LogP contribution is 2.25. The fourth-order valence-corrected chi connectivity index (χ4v) is 3.56. The number of anilines is 1. The van der Waals surface area contributed by atoms with Gasteiger partial charge in [-0.05, 0) is 43.5 Å². The first kappa shape index (κ1) is 17.3. The van der Waals surface area contributed by atoms with Gasteiger partial charge in [-0.25, -0.2) is 4.79 Å². The molecule has 4 N–H and O–H groups in total. The lowest BCUT2D eigenvalue weighted by molar-refractivity contribution is -0.123. The maximum atomic E-state index is 12.5. The van der Waals surface area contributed by atoms with Gasteiger partial charge in [0, 0.05) is 30.4 Å². The van der Waals surface area contributed by atoms with Crippen LogP contribution in [0, 0.1) is 5.92 Å². The molecular formula is C18H24N4O3. The van der Waals surface area contributed by atoms with Gasteiger partial charge in [0.25, 0.3) is 5.91 Å². The topological polar surface area (TPSA) is 105 Å². The van der Waals surface area contributed by atoms with Gasteiger partial charge in [0.05, 0.1) is 5.92 Å². The third-order valence-electron chi connectivity index (χ3n) is 4.97. The quantitative estimate of drug-likeness (QED) is 0.768. The van der Waals surface area contributed by atoms with Gasteiger partial charge in [-0.3, -0.25) is 14.5 Å². The zero-order chi connectivity index (χ0) is 17.8. The number of hydrogen-bond acceptors (Lipinski definition) is 3. The fourth-order valence-electron chi connectivity index (χ4n) is 3.56. The van der Waals surface area contributed by atoms with E-state index in [1.54, 1.807) is 29.2 Å². The van der Waals surface area contributed by atoms with Crippen LogP contribution < -0.4 is 21.3 Å². The molecule has 0 radical (unpaired) electrons. The molecule has 1 aliphatic carbocycles. The van der Waals surface area contributed by atoms with Gasteiger partial charge in [0.15, 0.2) is 0 Å². The molecule has 7 nitrogen and oxygen atoms in total. The third kappa shape index (κ3) is 3.92. The molecule has 1 heterocycles. The number of nitrogens with two attached hydrogens (primary N) is 1. The molecule has 134 valence electrons. The van der Waals surface area contributed by atoms with E-state index in [2.05, 4.69) is 10.6 Å². The van der Waals surface area contributed by atoms with Crippen molar-refractivity contribution in [2.24, 2.45) is 11.7 Å². The van der Waals surface area contributed by atoms with Crippen molar-refractivity contribution in [1.82, 2.24) is 10.6 Å². The minimum absolute atomic E-state index is 0.116. The van der Waals surface area contributed by atoms with Gasteiger partial charge in [-0.15, -0.1) is 0 Å². The van der Waals surface area contributed by atoms with Crippen molar-refractivity contribution in [2.45, 2.75) is 38.1 Å². The van der Waals surface area contributed by atoms with Crippen LogP contribution >= 0.6 is 0 Å². The van der Waals surface area contributed by atoms with Crippen LogP contribution in [-0.2, 0) is 4.79 Å². The second-order valence-electron chi connectivity index (χ2n) is 6.66. The summed E-state index contributed by atoms with van der Waals surface area (Å²) in [7, 11) is 0. The summed E-state index contributed by atoms with van der Waals surface area (Å²) >= 11 is 0. The Morgan fingerprint density at radius 2 is 1.84 bits per heavy atom. The van der Waals surface area contributed by atoms with Crippen molar-refractivity contribution in [2.75, 3.05) is 18.0 Å². The van der Waals surface area contributed by atoms with Gasteiger partial charge in [0.1, 0.15) is 0 Å². The zero-order valence-corrected chi connectivity index (χ0v) is 14.2. The van der Waals surface area contributed by atoms with Crippen molar-refractivity contribution in [3.8, 4) is 0 Å². The van der Waals surface area contributed by atoms with Gasteiger partial charge >= 0.3 is 6.03 Å². The molecule has 1 aromatic carbocycles. The Kier molecular flexibility index (Phi) is 5.21. The standard InChI is InChI=1S/C18H24N4O3/c19-16(23)14-4-1-2-5-15(14)21-17(24)12-6-8-13(9-7-12)22-11-3-10-20-18(22)25/h6-9,14-15H,1-5,10-11H2,(H2,19,23)(H,20,25)(H,21,24). The van der Waals surface area contributed by atoms with Crippen LogP contribution in [0.3, 0.4) is 0 Å². The number of benzene rings is 1. The van der Waals surface area contributed by atoms with E-state index in [1.165, 1.54) is 0 Å². The lowest BCUT2D eigenvalue weighted by Gasteiger charge is -2.30. The van der Waals surface area contributed by atoms with Crippen LogP contribution in [0.1, 0.15) is 42.5 Å². The first-order valence-electron chi connectivity index (χ1n) is 8.82. The van der Waals surface area contributed by atoms with Crippen LogP contribution in [0.25, 0.3) is 0 Å². The molecule has 25 heavy (non-hydrogen) atoms. The normalized spacial score (nSPS) is 23.7. The first-order valence-corrected chi connectivity index (χ1v) is 8.82. The number of urea groups is 1. The summed E-state index contributed by atoms with van der Waals surface area (Å²) in [4.78, 5) is 37.6. The summed E-state index contributed by atoms with van der Waals surface area (Å²) in [5.41, 5.74) is 6.73. The highest BCUT2D eigenvalue weighted by molar-refractivity contribution is 5.96. The Labute approximate surface area is 146 Å². The molecule has 7 heteroatoms. The molecule has 0 spiro atoms. The van der Waals surface area contributed by atoms with Crippen LogP contribution in [0.15, 0.2) is 24.3 Å². The number of rotatable bonds is 4. The minimum Gasteiger partial charge on any atom is -0.369 e. The molecule has 2 fully saturated rings. The number of nitrogens with one attached hydrogen (secondary N) is 2. The van der Waals surface area contributed by atoms with Gasteiger partial charge in [-0.1, -0.05) is 12.8 Å². The van der Waals surface area contributed by atoms with E-state index in [0.717, 1.165) is 37.8 Å². The molecular weight excluding hydrogens is 320 g/mol. The summed E-state index contributed by atoms with van der Waals surface area (Å²) in [6, 6.07) is 6.63. The van der Waals surface area contributed by atoms with Crippen LogP contribution in [0.4, 0.5) is 10.5 Å². The molecule has 2 aliphatic rings. The van der Waals surface area contributed by atoms with Crippen molar-refractivity contribution in [1.29, 1.82) is 0 Å². The Balaban J connectivity index is 1.66. The smallest absolute Gasteiger partial charge is 0.321 e. The first-order chi connectivity index (χ1) is 12.1. The number of nitrogens with zero attached hydrogens (tertiary/aromatic N) is 1. The molecule has 1 aliphatic heterocycles. The van der Waals surface area contributed by atoms with Gasteiger partial charge in [0.2, 0.25) is 5.91 Å². The van der Waals surface area contributed by atoms with Gasteiger partial charge in [-0.2, -0.15) is 0 Å². The SMILES string of the molecule is NC(=O)C1CCCCC1NC(=O)c1ccc(N2CCCNC2=O)cc1. The second kappa shape index (κ2) is 7.55. The molecule has 1 saturated carbocycles.